The monoisotopic (exact) mass is 375 g/mol. The van der Waals surface area contributed by atoms with Crippen molar-refractivity contribution in [1.82, 2.24) is 5.32 Å². The lowest BCUT2D eigenvalue weighted by molar-refractivity contribution is -0.145. The molecule has 138 valence electrons. The Balaban J connectivity index is 2.48. The van der Waals surface area contributed by atoms with Crippen molar-refractivity contribution in [2.45, 2.75) is 30.7 Å². The normalized spacial score (nSPS) is 13.7. The SMILES string of the molecule is CCC(NC(=O)c1ccc(C)c(S(C)(=O)=O)c1)(C(=O)O)c1ccccc1. The number of carboxylic acid groups (broad SMARTS) is 1. The zero-order valence-electron chi connectivity index (χ0n) is 14.8. The molecule has 7 heteroatoms. The maximum absolute atomic E-state index is 12.7. The van der Waals surface area contributed by atoms with E-state index in [0.717, 1.165) is 6.26 Å². The number of benzene rings is 2. The Morgan fingerprint density at radius 3 is 2.23 bits per heavy atom. The van der Waals surface area contributed by atoms with Crippen LogP contribution in [0.4, 0.5) is 0 Å². The Kier molecular flexibility index (Phi) is 5.51. The summed E-state index contributed by atoms with van der Waals surface area (Å²) in [6.45, 7) is 3.30. The first-order valence-corrected chi connectivity index (χ1v) is 9.93. The Morgan fingerprint density at radius 2 is 1.73 bits per heavy atom. The molecule has 0 aliphatic carbocycles. The number of nitrogens with one attached hydrogen (secondary N) is 1. The summed E-state index contributed by atoms with van der Waals surface area (Å²) < 4.78 is 23.7. The molecule has 6 nitrogen and oxygen atoms in total. The van der Waals surface area contributed by atoms with E-state index in [1.54, 1.807) is 44.2 Å². The molecule has 0 spiro atoms. The average Bonchev–Trinajstić information content (AvgIpc) is 2.59. The van der Waals surface area contributed by atoms with Gasteiger partial charge in [0.1, 0.15) is 0 Å². The number of carbonyl (C=O) groups is 2. The van der Waals surface area contributed by atoms with Gasteiger partial charge in [-0.05, 0) is 36.6 Å². The van der Waals surface area contributed by atoms with E-state index in [0.29, 0.717) is 11.1 Å². The molecule has 0 heterocycles. The molecule has 26 heavy (non-hydrogen) atoms. The van der Waals surface area contributed by atoms with Crippen molar-refractivity contribution < 1.29 is 23.1 Å². The fraction of sp³-hybridized carbons (Fsp3) is 0.263. The van der Waals surface area contributed by atoms with Crippen molar-refractivity contribution in [2.24, 2.45) is 0 Å². The zero-order valence-corrected chi connectivity index (χ0v) is 15.6. The van der Waals surface area contributed by atoms with Gasteiger partial charge in [-0.25, -0.2) is 13.2 Å². The number of hydrogen-bond acceptors (Lipinski definition) is 4. The first kappa shape index (κ1) is 19.7. The van der Waals surface area contributed by atoms with Gasteiger partial charge in [-0.2, -0.15) is 0 Å². The average molecular weight is 375 g/mol. The highest BCUT2D eigenvalue weighted by molar-refractivity contribution is 7.90. The van der Waals surface area contributed by atoms with Gasteiger partial charge in [0, 0.05) is 11.8 Å². The van der Waals surface area contributed by atoms with Crippen LogP contribution < -0.4 is 5.32 Å². The molecule has 0 aliphatic rings. The van der Waals surface area contributed by atoms with E-state index in [1.165, 1.54) is 18.2 Å². The second-order valence-electron chi connectivity index (χ2n) is 6.14. The van der Waals surface area contributed by atoms with Crippen molar-refractivity contribution >= 4 is 21.7 Å². The van der Waals surface area contributed by atoms with Gasteiger partial charge in [0.2, 0.25) is 0 Å². The van der Waals surface area contributed by atoms with E-state index in [9.17, 15) is 23.1 Å². The third-order valence-electron chi connectivity index (χ3n) is 4.34. The molecule has 0 aromatic heterocycles. The van der Waals surface area contributed by atoms with Crippen LogP contribution in [0.1, 0.15) is 34.8 Å². The fourth-order valence-corrected chi connectivity index (χ4v) is 3.82. The molecule has 2 aromatic carbocycles. The van der Waals surface area contributed by atoms with Gasteiger partial charge in [-0.3, -0.25) is 4.79 Å². The largest absolute Gasteiger partial charge is 0.479 e. The highest BCUT2D eigenvalue weighted by atomic mass is 32.2. The predicted octanol–water partition coefficient (Wildman–Crippen LogP) is 2.52. The van der Waals surface area contributed by atoms with Crippen LogP contribution in [0.2, 0.25) is 0 Å². The topological polar surface area (TPSA) is 101 Å². The van der Waals surface area contributed by atoms with E-state index in [-0.39, 0.29) is 16.9 Å². The molecule has 0 bridgehead atoms. The van der Waals surface area contributed by atoms with Gasteiger partial charge in [0.15, 0.2) is 15.4 Å². The smallest absolute Gasteiger partial charge is 0.334 e. The lowest BCUT2D eigenvalue weighted by atomic mass is 9.87. The molecule has 0 fully saturated rings. The third kappa shape index (κ3) is 3.77. The highest BCUT2D eigenvalue weighted by Crippen LogP contribution is 2.26. The standard InChI is InChI=1S/C19H21NO5S/c1-4-19(18(22)23,15-8-6-5-7-9-15)20-17(21)14-11-10-13(2)16(12-14)26(3,24)25/h5-12H,4H2,1-3H3,(H,20,21)(H,22,23). The second-order valence-corrected chi connectivity index (χ2v) is 8.12. The number of carboxylic acids is 1. The summed E-state index contributed by atoms with van der Waals surface area (Å²) in [6.07, 6.45) is 1.19. The molecular formula is C19H21NO5S. The summed E-state index contributed by atoms with van der Waals surface area (Å²) in [7, 11) is -3.50. The van der Waals surface area contributed by atoms with E-state index >= 15 is 0 Å². The predicted molar refractivity (Wildman–Crippen MR) is 97.8 cm³/mol. The number of rotatable bonds is 6. The molecule has 1 amide bonds. The highest BCUT2D eigenvalue weighted by Gasteiger charge is 2.40. The Bertz CT molecular complexity index is 938. The minimum absolute atomic E-state index is 0.0438. The first-order chi connectivity index (χ1) is 12.1. The van der Waals surface area contributed by atoms with Crippen molar-refractivity contribution in [1.29, 1.82) is 0 Å². The van der Waals surface area contributed by atoms with E-state index in [1.807, 2.05) is 0 Å². The number of aliphatic carboxylic acids is 1. The van der Waals surface area contributed by atoms with E-state index in [2.05, 4.69) is 5.32 Å². The van der Waals surface area contributed by atoms with Crippen molar-refractivity contribution in [3.8, 4) is 0 Å². The second kappa shape index (κ2) is 7.29. The molecule has 1 atom stereocenters. The molecule has 2 rings (SSSR count). The minimum Gasteiger partial charge on any atom is -0.479 e. The van der Waals surface area contributed by atoms with Crippen molar-refractivity contribution in [3.05, 3.63) is 65.2 Å². The molecule has 2 N–H and O–H groups in total. The van der Waals surface area contributed by atoms with Crippen LogP contribution in [0.3, 0.4) is 0 Å². The van der Waals surface area contributed by atoms with Crippen LogP contribution in [0.25, 0.3) is 0 Å². The van der Waals surface area contributed by atoms with Gasteiger partial charge in [0.05, 0.1) is 4.90 Å². The lowest BCUT2D eigenvalue weighted by Gasteiger charge is -2.30. The van der Waals surface area contributed by atoms with Gasteiger partial charge < -0.3 is 10.4 Å². The molecule has 1 unspecified atom stereocenters. The summed E-state index contributed by atoms with van der Waals surface area (Å²) in [4.78, 5) is 24.8. The van der Waals surface area contributed by atoms with Crippen LogP contribution in [0.5, 0.6) is 0 Å². The van der Waals surface area contributed by atoms with Crippen LogP contribution in [0, 0.1) is 6.92 Å². The molecule has 2 aromatic rings. The summed E-state index contributed by atoms with van der Waals surface area (Å²) in [5.74, 6) is -1.84. The number of hydrogen-bond donors (Lipinski definition) is 2. The van der Waals surface area contributed by atoms with Crippen LogP contribution in [-0.2, 0) is 20.2 Å². The van der Waals surface area contributed by atoms with Crippen molar-refractivity contribution in [2.75, 3.05) is 6.26 Å². The molecule has 0 saturated heterocycles. The van der Waals surface area contributed by atoms with Crippen molar-refractivity contribution in [3.63, 3.8) is 0 Å². The quantitative estimate of drug-likeness (QED) is 0.808. The molecule has 0 aliphatic heterocycles. The van der Waals surface area contributed by atoms with Gasteiger partial charge in [-0.1, -0.05) is 43.3 Å². The zero-order chi connectivity index (χ0) is 19.5. The number of amides is 1. The van der Waals surface area contributed by atoms with Gasteiger partial charge >= 0.3 is 5.97 Å². The summed E-state index contributed by atoms with van der Waals surface area (Å²) in [5.41, 5.74) is -0.550. The lowest BCUT2D eigenvalue weighted by Crippen LogP contribution is -2.51. The molecule has 0 radical (unpaired) electrons. The summed E-state index contributed by atoms with van der Waals surface area (Å²) in [6, 6.07) is 12.7. The third-order valence-corrected chi connectivity index (χ3v) is 5.58. The Labute approximate surface area is 152 Å². The summed E-state index contributed by atoms with van der Waals surface area (Å²) >= 11 is 0. The maximum Gasteiger partial charge on any atom is 0.334 e. The number of sulfone groups is 1. The maximum atomic E-state index is 12.7. The van der Waals surface area contributed by atoms with E-state index < -0.39 is 27.3 Å². The first-order valence-electron chi connectivity index (χ1n) is 8.04. The minimum atomic E-state index is -3.50. The van der Waals surface area contributed by atoms with Crippen LogP contribution in [-0.4, -0.2) is 31.7 Å². The van der Waals surface area contributed by atoms with Crippen LogP contribution >= 0.6 is 0 Å². The van der Waals surface area contributed by atoms with Gasteiger partial charge in [0.25, 0.3) is 5.91 Å². The van der Waals surface area contributed by atoms with E-state index in [4.69, 9.17) is 0 Å². The molecular weight excluding hydrogens is 354 g/mol. The Hall–Kier alpha value is -2.67. The summed E-state index contributed by atoms with van der Waals surface area (Å²) in [5, 5.41) is 12.4. The Morgan fingerprint density at radius 1 is 1.12 bits per heavy atom. The fourth-order valence-electron chi connectivity index (χ4n) is 2.82. The molecule has 0 saturated carbocycles. The number of carbonyl (C=O) groups excluding carboxylic acids is 1. The number of aryl methyl sites for hydroxylation is 1. The van der Waals surface area contributed by atoms with Crippen LogP contribution in [0.15, 0.2) is 53.4 Å². The van der Waals surface area contributed by atoms with Gasteiger partial charge in [-0.15, -0.1) is 0 Å².